The lowest BCUT2D eigenvalue weighted by molar-refractivity contribution is -0.138. The van der Waals surface area contributed by atoms with Crippen LogP contribution in [0.25, 0.3) is 0 Å². The van der Waals surface area contributed by atoms with Crippen LogP contribution >= 0.6 is 0 Å². The molecule has 2 aliphatic heterocycles. The van der Waals surface area contributed by atoms with E-state index >= 15 is 0 Å². The summed E-state index contributed by atoms with van der Waals surface area (Å²) in [5.41, 5.74) is 4.62. The highest BCUT2D eigenvalue weighted by Gasteiger charge is 2.35. The Kier molecular flexibility index (Phi) is 9.70. The van der Waals surface area contributed by atoms with Crippen LogP contribution in [0.15, 0.2) is 54.6 Å². The van der Waals surface area contributed by atoms with Gasteiger partial charge in [0.15, 0.2) is 0 Å². The molecule has 9 nitrogen and oxygen atoms in total. The quantitative estimate of drug-likeness (QED) is 0.341. The monoisotopic (exact) mass is 546 g/mol. The van der Waals surface area contributed by atoms with Gasteiger partial charge in [0.25, 0.3) is 0 Å². The molecule has 2 fully saturated rings. The molecule has 4 rings (SSSR count). The Labute approximate surface area is 223 Å². The Hall–Kier alpha value is -3.02. The number of likely N-dealkylation sites (tertiary alicyclic amines) is 1. The number of carbonyl (C=O) groups is 2. The van der Waals surface area contributed by atoms with Crippen LogP contribution in [0.1, 0.15) is 24.8 Å². The molecule has 2 aromatic carbocycles. The SMILES string of the molecule is O=CONC(CS(=O)(=O)N1CCN(c2ccc(F)cc2)CC1)C1CCN(C(=O)CCc2ccccc2)CC1. The van der Waals surface area contributed by atoms with Crippen LogP contribution in [0.4, 0.5) is 10.1 Å². The standard InChI is InChI=1S/C27H35FN4O5S/c28-24-7-9-25(10-8-24)30-16-18-32(19-17-30)38(35,36)20-26(29-37-21-33)23-12-14-31(15-13-23)27(34)11-6-22-4-2-1-3-5-22/h1-5,7-10,21,23,26,29H,6,11-20H2. The first kappa shape index (κ1) is 28.0. The first-order valence-corrected chi connectivity index (χ1v) is 14.6. The van der Waals surface area contributed by atoms with Crippen LogP contribution in [0.3, 0.4) is 0 Å². The molecule has 0 aliphatic carbocycles. The maximum absolute atomic E-state index is 13.3. The summed E-state index contributed by atoms with van der Waals surface area (Å²) in [5.74, 6) is -0.492. The molecule has 1 amide bonds. The molecule has 0 spiro atoms. The number of rotatable bonds is 11. The normalized spacial score (nSPS) is 18.2. The number of nitrogens with one attached hydrogen (secondary N) is 1. The van der Waals surface area contributed by atoms with Crippen molar-refractivity contribution < 1.29 is 27.2 Å². The smallest absolute Gasteiger partial charge is 0.312 e. The number of sulfonamides is 1. The van der Waals surface area contributed by atoms with E-state index < -0.39 is 16.1 Å². The summed E-state index contributed by atoms with van der Waals surface area (Å²) in [5, 5.41) is 0. The third-order valence-corrected chi connectivity index (χ3v) is 9.35. The average molecular weight is 547 g/mol. The minimum atomic E-state index is -3.64. The lowest BCUT2D eigenvalue weighted by Gasteiger charge is -2.38. The first-order valence-electron chi connectivity index (χ1n) is 13.0. The number of piperidine rings is 1. The van der Waals surface area contributed by atoms with Crippen LogP contribution in [0.5, 0.6) is 0 Å². The summed E-state index contributed by atoms with van der Waals surface area (Å²) in [6.07, 6.45) is 2.35. The number of hydrogen-bond acceptors (Lipinski definition) is 7. The van der Waals surface area contributed by atoms with Gasteiger partial charge in [-0.25, -0.2) is 12.8 Å². The number of hydrogen-bond donors (Lipinski definition) is 1. The predicted molar refractivity (Wildman–Crippen MR) is 142 cm³/mol. The van der Waals surface area contributed by atoms with Gasteiger partial charge >= 0.3 is 6.47 Å². The van der Waals surface area contributed by atoms with E-state index in [1.807, 2.05) is 40.1 Å². The van der Waals surface area contributed by atoms with Gasteiger partial charge in [0.2, 0.25) is 15.9 Å². The molecule has 0 radical (unpaired) electrons. The fourth-order valence-corrected chi connectivity index (χ4v) is 6.92. The van der Waals surface area contributed by atoms with E-state index in [1.165, 1.54) is 16.4 Å². The topological polar surface area (TPSA) is 99.3 Å². The molecule has 1 N–H and O–H groups in total. The van der Waals surface area contributed by atoms with E-state index in [-0.39, 0.29) is 29.9 Å². The third-order valence-electron chi connectivity index (χ3n) is 7.41. The number of halogens is 1. The molecule has 1 atom stereocenters. The summed E-state index contributed by atoms with van der Waals surface area (Å²) < 4.78 is 41.3. The van der Waals surface area contributed by atoms with Gasteiger partial charge in [-0.1, -0.05) is 30.3 Å². The van der Waals surface area contributed by atoms with E-state index in [4.69, 9.17) is 4.84 Å². The van der Waals surface area contributed by atoms with Gasteiger partial charge in [-0.05, 0) is 55.0 Å². The van der Waals surface area contributed by atoms with Crippen molar-refractivity contribution in [3.8, 4) is 0 Å². The Balaban J connectivity index is 1.29. The van der Waals surface area contributed by atoms with Crippen LogP contribution < -0.4 is 10.4 Å². The van der Waals surface area contributed by atoms with E-state index in [1.54, 1.807) is 12.1 Å². The zero-order chi connectivity index (χ0) is 27.0. The summed E-state index contributed by atoms with van der Waals surface area (Å²) in [4.78, 5) is 32.2. The largest absolute Gasteiger partial charge is 0.373 e. The second-order valence-electron chi connectivity index (χ2n) is 9.78. The van der Waals surface area contributed by atoms with Crippen molar-refractivity contribution in [1.29, 1.82) is 0 Å². The molecule has 38 heavy (non-hydrogen) atoms. The van der Waals surface area contributed by atoms with Gasteiger partial charge in [0, 0.05) is 51.4 Å². The summed E-state index contributed by atoms with van der Waals surface area (Å²) >= 11 is 0. The fourth-order valence-electron chi connectivity index (χ4n) is 5.20. The van der Waals surface area contributed by atoms with Crippen molar-refractivity contribution in [1.82, 2.24) is 14.7 Å². The van der Waals surface area contributed by atoms with Crippen LogP contribution in [-0.2, 0) is 30.9 Å². The van der Waals surface area contributed by atoms with Gasteiger partial charge < -0.3 is 14.6 Å². The fraction of sp³-hybridized carbons (Fsp3) is 0.481. The predicted octanol–water partition coefficient (Wildman–Crippen LogP) is 2.20. The van der Waals surface area contributed by atoms with Crippen molar-refractivity contribution >= 4 is 28.1 Å². The van der Waals surface area contributed by atoms with Gasteiger partial charge in [-0.2, -0.15) is 4.31 Å². The number of hydroxylamine groups is 1. The van der Waals surface area contributed by atoms with E-state index in [0.717, 1.165) is 11.3 Å². The van der Waals surface area contributed by atoms with Gasteiger partial charge in [-0.15, -0.1) is 5.48 Å². The number of piperazine rings is 1. The zero-order valence-electron chi connectivity index (χ0n) is 21.4. The first-order chi connectivity index (χ1) is 18.4. The summed E-state index contributed by atoms with van der Waals surface area (Å²) in [7, 11) is -3.64. The average Bonchev–Trinajstić information content (AvgIpc) is 2.95. The molecular weight excluding hydrogens is 511 g/mol. The number of nitrogens with zero attached hydrogens (tertiary/aromatic N) is 3. The highest BCUT2D eigenvalue weighted by molar-refractivity contribution is 7.89. The number of amides is 1. The molecule has 2 saturated heterocycles. The Bertz CT molecular complexity index is 1150. The Morgan fingerprint density at radius 1 is 1.00 bits per heavy atom. The summed E-state index contributed by atoms with van der Waals surface area (Å²) in [6.45, 7) is 2.95. The van der Waals surface area contributed by atoms with Crippen LogP contribution in [-0.4, -0.2) is 81.1 Å². The molecule has 2 heterocycles. The number of anilines is 1. The molecule has 1 unspecified atom stereocenters. The molecular formula is C27H35FN4O5S. The summed E-state index contributed by atoms with van der Waals surface area (Å²) in [6, 6.07) is 15.5. The zero-order valence-corrected chi connectivity index (χ0v) is 22.2. The van der Waals surface area contributed by atoms with Gasteiger partial charge in [0.05, 0.1) is 11.8 Å². The van der Waals surface area contributed by atoms with Crippen LogP contribution in [0.2, 0.25) is 0 Å². The number of benzene rings is 2. The van der Waals surface area contributed by atoms with Crippen molar-refractivity contribution in [3.05, 3.63) is 66.0 Å². The molecule has 0 aromatic heterocycles. The van der Waals surface area contributed by atoms with Gasteiger partial charge in [0.1, 0.15) is 5.82 Å². The van der Waals surface area contributed by atoms with E-state index in [0.29, 0.717) is 65.0 Å². The van der Waals surface area contributed by atoms with Crippen LogP contribution in [0, 0.1) is 11.7 Å². The Morgan fingerprint density at radius 3 is 2.29 bits per heavy atom. The van der Waals surface area contributed by atoms with Crippen molar-refractivity contribution in [2.45, 2.75) is 31.7 Å². The highest BCUT2D eigenvalue weighted by atomic mass is 32.2. The van der Waals surface area contributed by atoms with Crippen molar-refractivity contribution in [3.63, 3.8) is 0 Å². The number of carbonyl (C=O) groups excluding carboxylic acids is 2. The third kappa shape index (κ3) is 7.52. The minimum Gasteiger partial charge on any atom is -0.373 e. The van der Waals surface area contributed by atoms with Crippen molar-refractivity contribution in [2.24, 2.45) is 5.92 Å². The van der Waals surface area contributed by atoms with E-state index in [9.17, 15) is 22.4 Å². The lowest BCUT2D eigenvalue weighted by atomic mass is 9.90. The molecule has 11 heteroatoms. The Morgan fingerprint density at radius 2 is 1.66 bits per heavy atom. The van der Waals surface area contributed by atoms with Gasteiger partial charge in [-0.3, -0.25) is 9.59 Å². The molecule has 0 saturated carbocycles. The van der Waals surface area contributed by atoms with Crippen molar-refractivity contribution in [2.75, 3.05) is 49.9 Å². The molecule has 206 valence electrons. The molecule has 2 aromatic rings. The molecule has 0 bridgehead atoms. The number of aryl methyl sites for hydroxylation is 1. The lowest BCUT2D eigenvalue weighted by Crippen LogP contribution is -2.53. The molecule has 2 aliphatic rings. The second-order valence-corrected chi connectivity index (χ2v) is 11.8. The maximum atomic E-state index is 13.3. The van der Waals surface area contributed by atoms with E-state index in [2.05, 4.69) is 5.48 Å². The highest BCUT2D eigenvalue weighted by Crippen LogP contribution is 2.25. The second kappa shape index (κ2) is 13.2. The maximum Gasteiger partial charge on any atom is 0.312 e. The minimum absolute atomic E-state index is 0.0663.